The minimum absolute atomic E-state index is 0.212. The summed E-state index contributed by atoms with van der Waals surface area (Å²) < 4.78 is 18.1. The number of imidazole rings is 1. The van der Waals surface area contributed by atoms with Crippen LogP contribution in [0.15, 0.2) is 66.4 Å². The van der Waals surface area contributed by atoms with E-state index in [2.05, 4.69) is 43.8 Å². The molecule has 12 heteroatoms. The molecule has 0 aliphatic carbocycles. The van der Waals surface area contributed by atoms with Gasteiger partial charge in [-0.15, -0.1) is 6.58 Å². The van der Waals surface area contributed by atoms with Gasteiger partial charge in [-0.25, -0.2) is 28.7 Å². The molecule has 2 saturated heterocycles. The number of nitrogens with zero attached hydrogens (tertiary/aromatic N) is 9. The van der Waals surface area contributed by atoms with E-state index in [1.807, 2.05) is 35.8 Å². The monoisotopic (exact) mass is 582 g/mol. The van der Waals surface area contributed by atoms with E-state index in [-0.39, 0.29) is 18.8 Å². The topological polar surface area (TPSA) is 102 Å². The van der Waals surface area contributed by atoms with Gasteiger partial charge in [0.15, 0.2) is 17.1 Å². The number of allylic oxidation sites excluding steroid dienone is 1. The lowest BCUT2D eigenvalue weighted by atomic mass is 9.84. The summed E-state index contributed by atoms with van der Waals surface area (Å²) in [5.74, 6) is 2.08. The molecule has 0 saturated carbocycles. The molecule has 2 aliphatic rings. The Labute approximate surface area is 248 Å². The van der Waals surface area contributed by atoms with E-state index >= 15 is 0 Å². The van der Waals surface area contributed by atoms with Gasteiger partial charge in [-0.05, 0) is 61.6 Å². The third-order valence-electron chi connectivity index (χ3n) is 8.53. The number of hydrogen-bond donors (Lipinski definition) is 1. The molecular weight excluding hydrogens is 547 g/mol. The Kier molecular flexibility index (Phi) is 7.13. The third kappa shape index (κ3) is 5.05. The van der Waals surface area contributed by atoms with E-state index < -0.39 is 0 Å². The Morgan fingerprint density at radius 2 is 1.81 bits per heavy atom. The van der Waals surface area contributed by atoms with Crippen LogP contribution in [0.5, 0.6) is 0 Å². The number of alkyl halides is 1. The molecule has 11 nitrogen and oxygen atoms in total. The number of likely N-dealkylation sites (tertiary alicyclic amines) is 1. The van der Waals surface area contributed by atoms with Gasteiger partial charge in [-0.3, -0.25) is 4.79 Å². The molecule has 5 aromatic rings. The summed E-state index contributed by atoms with van der Waals surface area (Å²) in [6.07, 6.45) is 6.23. The van der Waals surface area contributed by atoms with Crippen LogP contribution in [-0.4, -0.2) is 78.2 Å². The van der Waals surface area contributed by atoms with Gasteiger partial charge in [-0.1, -0.05) is 6.08 Å². The number of aryl methyl sites for hydroxylation is 1. The maximum Gasteiger partial charge on any atom is 0.278 e. The summed E-state index contributed by atoms with van der Waals surface area (Å²) in [6, 6.07) is 12.0. The minimum atomic E-state index is -0.273. The van der Waals surface area contributed by atoms with Crippen LogP contribution >= 0.6 is 0 Å². The first-order valence-corrected chi connectivity index (χ1v) is 14.9. The zero-order valence-corrected chi connectivity index (χ0v) is 24.2. The molecule has 7 rings (SSSR count). The molecule has 1 aromatic carbocycles. The maximum absolute atomic E-state index is 13.4. The second-order valence-corrected chi connectivity index (χ2v) is 11.5. The standard InChI is InChI=1S/C31H35FN10O/c1-3-12-41-30(43)25-15-33-31(37-28(25)42(41)27-10-9-26-29(36-27)39(4-2)20-34-26)35-23-5-7-24(8-6-23)40-18-21-14-22(19-40)17-38(16-21)13-11-32/h3,5-10,15,20-22H,1,4,11-14,16-19H2,2H3,(H,33,35,37). The predicted molar refractivity (Wildman–Crippen MR) is 166 cm³/mol. The van der Waals surface area contributed by atoms with Crippen LogP contribution in [0.2, 0.25) is 0 Å². The van der Waals surface area contributed by atoms with Gasteiger partial charge in [0, 0.05) is 56.8 Å². The number of rotatable bonds is 9. The number of hydrogen-bond acceptors (Lipinski definition) is 8. The van der Waals surface area contributed by atoms with Crippen molar-refractivity contribution < 1.29 is 4.39 Å². The van der Waals surface area contributed by atoms with Crippen LogP contribution in [0.3, 0.4) is 0 Å². The zero-order valence-electron chi connectivity index (χ0n) is 24.2. The Morgan fingerprint density at radius 1 is 1.02 bits per heavy atom. The molecule has 2 unspecified atom stereocenters. The second-order valence-electron chi connectivity index (χ2n) is 11.5. The summed E-state index contributed by atoms with van der Waals surface area (Å²) in [4.78, 5) is 36.6. The predicted octanol–water partition coefficient (Wildman–Crippen LogP) is 4.00. The van der Waals surface area contributed by atoms with Crippen molar-refractivity contribution in [3.8, 4) is 5.82 Å². The number of piperidine rings is 2. The van der Waals surface area contributed by atoms with Gasteiger partial charge in [0.2, 0.25) is 5.95 Å². The van der Waals surface area contributed by atoms with Crippen molar-refractivity contribution in [1.82, 2.24) is 38.8 Å². The molecule has 2 aliphatic heterocycles. The summed E-state index contributed by atoms with van der Waals surface area (Å²) >= 11 is 0. The van der Waals surface area contributed by atoms with Crippen LogP contribution < -0.4 is 15.8 Å². The van der Waals surface area contributed by atoms with Crippen molar-refractivity contribution in [3.05, 3.63) is 71.9 Å². The van der Waals surface area contributed by atoms with E-state index in [1.165, 1.54) is 12.1 Å². The SMILES string of the molecule is C=CCn1c(=O)c2cnc(Nc3ccc(N4CC5CC(CN(CCF)C5)C4)cc3)nc2n1-c1ccc2ncn(CC)c2n1. The van der Waals surface area contributed by atoms with Crippen LogP contribution in [0.25, 0.3) is 28.0 Å². The van der Waals surface area contributed by atoms with Crippen molar-refractivity contribution in [3.63, 3.8) is 0 Å². The maximum atomic E-state index is 13.4. The summed E-state index contributed by atoms with van der Waals surface area (Å²) in [7, 11) is 0. The first kappa shape index (κ1) is 27.3. The Hall–Kier alpha value is -4.58. The lowest BCUT2D eigenvalue weighted by molar-refractivity contribution is 0.103. The van der Waals surface area contributed by atoms with Crippen molar-refractivity contribution in [2.45, 2.75) is 26.4 Å². The Balaban J connectivity index is 1.16. The van der Waals surface area contributed by atoms with Crippen LogP contribution in [0, 0.1) is 11.8 Å². The minimum Gasteiger partial charge on any atom is -0.371 e. The molecule has 2 atom stereocenters. The Bertz CT molecular complexity index is 1830. The zero-order chi connectivity index (χ0) is 29.5. The number of nitrogens with one attached hydrogen (secondary N) is 1. The van der Waals surface area contributed by atoms with Crippen LogP contribution in [0.1, 0.15) is 13.3 Å². The lowest BCUT2D eigenvalue weighted by Gasteiger charge is -2.46. The van der Waals surface area contributed by atoms with Gasteiger partial charge >= 0.3 is 0 Å². The van der Waals surface area contributed by atoms with Gasteiger partial charge in [-0.2, -0.15) is 4.98 Å². The molecule has 1 N–H and O–H groups in total. The average molecular weight is 583 g/mol. The van der Waals surface area contributed by atoms with E-state index in [4.69, 9.17) is 9.97 Å². The molecule has 4 aromatic heterocycles. The van der Waals surface area contributed by atoms with Crippen LogP contribution in [0.4, 0.5) is 21.7 Å². The highest BCUT2D eigenvalue weighted by molar-refractivity contribution is 5.78. The number of fused-ring (bicyclic) bond motifs is 4. The highest BCUT2D eigenvalue weighted by atomic mass is 19.1. The quantitative estimate of drug-likeness (QED) is 0.260. The molecule has 2 fully saturated rings. The first-order chi connectivity index (χ1) is 21.0. The van der Waals surface area contributed by atoms with Gasteiger partial charge in [0.05, 0.1) is 12.9 Å². The summed E-state index contributed by atoms with van der Waals surface area (Å²) in [6.45, 7) is 11.1. The summed E-state index contributed by atoms with van der Waals surface area (Å²) in [5.41, 5.74) is 3.79. The second kappa shape index (κ2) is 11.3. The van der Waals surface area contributed by atoms with E-state index in [0.717, 1.165) is 49.6 Å². The molecule has 43 heavy (non-hydrogen) atoms. The fraction of sp³-hybridized carbons (Fsp3) is 0.387. The lowest BCUT2D eigenvalue weighted by Crippen LogP contribution is -2.53. The normalized spacial score (nSPS) is 18.9. The first-order valence-electron chi connectivity index (χ1n) is 14.9. The fourth-order valence-corrected chi connectivity index (χ4v) is 6.67. The van der Waals surface area contributed by atoms with Crippen molar-refractivity contribution in [2.75, 3.05) is 49.6 Å². The third-order valence-corrected chi connectivity index (χ3v) is 8.53. The summed E-state index contributed by atoms with van der Waals surface area (Å²) in [5, 5.41) is 3.70. The smallest absolute Gasteiger partial charge is 0.278 e. The highest BCUT2D eigenvalue weighted by Gasteiger charge is 2.34. The molecule has 0 amide bonds. The van der Waals surface area contributed by atoms with E-state index in [9.17, 15) is 9.18 Å². The number of pyridine rings is 1. The molecule has 222 valence electrons. The van der Waals surface area contributed by atoms with Crippen molar-refractivity contribution in [2.24, 2.45) is 11.8 Å². The number of benzene rings is 1. The molecule has 0 spiro atoms. The van der Waals surface area contributed by atoms with Gasteiger partial charge < -0.3 is 19.7 Å². The van der Waals surface area contributed by atoms with E-state index in [1.54, 1.807) is 28.0 Å². The Morgan fingerprint density at radius 3 is 2.53 bits per heavy atom. The number of aromatic nitrogens is 7. The van der Waals surface area contributed by atoms with Crippen LogP contribution in [-0.2, 0) is 13.1 Å². The molecular formula is C31H35FN10O. The van der Waals surface area contributed by atoms with Crippen molar-refractivity contribution in [1.29, 1.82) is 0 Å². The van der Waals surface area contributed by atoms with Gasteiger partial charge in [0.1, 0.15) is 17.6 Å². The fourth-order valence-electron chi connectivity index (χ4n) is 6.67. The highest BCUT2D eigenvalue weighted by Crippen LogP contribution is 2.32. The average Bonchev–Trinajstić information content (AvgIpc) is 3.55. The number of anilines is 3. The van der Waals surface area contributed by atoms with Gasteiger partial charge in [0.25, 0.3) is 5.56 Å². The van der Waals surface area contributed by atoms with E-state index in [0.29, 0.717) is 41.2 Å². The molecule has 6 heterocycles. The van der Waals surface area contributed by atoms with Crippen molar-refractivity contribution >= 4 is 39.5 Å². The largest absolute Gasteiger partial charge is 0.371 e. The number of halogens is 1. The molecule has 2 bridgehead atoms. The molecule has 0 radical (unpaired) electrons.